The van der Waals surface area contributed by atoms with E-state index in [1.807, 2.05) is 60.7 Å². The maximum atomic E-state index is 13.2. The number of rotatable bonds is 2. The Morgan fingerprint density at radius 2 is 1.20 bits per heavy atom. The van der Waals surface area contributed by atoms with Crippen molar-refractivity contribution in [3.63, 3.8) is 0 Å². The predicted octanol–water partition coefficient (Wildman–Crippen LogP) is 6.64. The van der Waals surface area contributed by atoms with Crippen molar-refractivity contribution in [1.82, 2.24) is 5.32 Å². The van der Waals surface area contributed by atoms with Gasteiger partial charge in [0.25, 0.3) is 5.91 Å². The zero-order valence-corrected chi connectivity index (χ0v) is 22.8. The van der Waals surface area contributed by atoms with Crippen LogP contribution in [0.4, 0.5) is 0 Å². The average molecular weight is 540 g/mol. The predicted molar refractivity (Wildman–Crippen MR) is 157 cm³/mol. The highest BCUT2D eigenvalue weighted by molar-refractivity contribution is 5.97. The van der Waals surface area contributed by atoms with Gasteiger partial charge in [-0.2, -0.15) is 0 Å². The number of fused-ring (bicyclic) bond motifs is 4. The number of carbonyl (C=O) groups is 3. The summed E-state index contributed by atoms with van der Waals surface area (Å²) in [5, 5.41) is 2.90. The number of hydrogen-bond acceptors (Lipinski definition) is 5. The molecule has 1 amide bonds. The number of benzene rings is 3. The van der Waals surface area contributed by atoms with Crippen LogP contribution in [-0.4, -0.2) is 37.1 Å². The summed E-state index contributed by atoms with van der Waals surface area (Å²) in [6, 6.07) is 23.3. The molecular weight excluding hydrogens is 502 g/mol. The minimum atomic E-state index is -0.790. The van der Waals surface area contributed by atoms with E-state index in [-0.39, 0.29) is 11.9 Å². The number of cyclic esters (lactones) is 2. The van der Waals surface area contributed by atoms with Gasteiger partial charge in [0.15, 0.2) is 0 Å². The van der Waals surface area contributed by atoms with Gasteiger partial charge in [-0.1, -0.05) is 98.9 Å². The molecule has 0 saturated heterocycles. The first-order chi connectivity index (χ1) is 19.6. The van der Waals surface area contributed by atoms with E-state index in [0.717, 1.165) is 61.6 Å². The molecule has 208 valence electrons. The zero-order chi connectivity index (χ0) is 28.0. The maximum Gasteiger partial charge on any atom is 0.338 e. The number of carbonyl (C=O) groups excluding carboxylic acids is 3. The molecule has 1 atom stereocenters. The van der Waals surface area contributed by atoms with Gasteiger partial charge in [-0.05, 0) is 53.8 Å². The summed E-state index contributed by atoms with van der Waals surface area (Å²) in [5.74, 6) is -1.08. The molecule has 1 aliphatic heterocycles. The normalized spacial score (nSPS) is 18.9. The minimum absolute atomic E-state index is 0.317. The van der Waals surface area contributed by atoms with Gasteiger partial charge in [0.05, 0.1) is 18.8 Å². The SMILES string of the molecule is O=C1N[C@@H](Cc2ccccc2)C(=O)OCCCCCCCCCOC(=O)c2cccc(c2)/C=C\c2cccc1c2. The molecular formula is C34H37NO5. The number of hydrogen-bond donors (Lipinski definition) is 1. The molecule has 0 fully saturated rings. The molecule has 0 spiro atoms. The van der Waals surface area contributed by atoms with Crippen LogP contribution >= 0.6 is 0 Å². The van der Waals surface area contributed by atoms with Crippen LogP contribution < -0.4 is 5.32 Å². The van der Waals surface area contributed by atoms with Crippen molar-refractivity contribution >= 4 is 30.0 Å². The lowest BCUT2D eigenvalue weighted by Gasteiger charge is -2.18. The van der Waals surface area contributed by atoms with E-state index in [0.29, 0.717) is 30.8 Å². The van der Waals surface area contributed by atoms with Crippen molar-refractivity contribution in [2.75, 3.05) is 13.2 Å². The lowest BCUT2D eigenvalue weighted by atomic mass is 10.0. The van der Waals surface area contributed by atoms with Crippen LogP contribution in [0, 0.1) is 0 Å². The summed E-state index contributed by atoms with van der Waals surface area (Å²) in [6.07, 6.45) is 10.9. The molecule has 0 radical (unpaired) electrons. The molecule has 1 aliphatic rings. The molecule has 4 rings (SSSR count). The Kier molecular flexibility index (Phi) is 11.1. The summed E-state index contributed by atoms with van der Waals surface area (Å²) in [5.41, 5.74) is 3.57. The summed E-state index contributed by atoms with van der Waals surface area (Å²) in [4.78, 5) is 38.7. The first-order valence-corrected chi connectivity index (χ1v) is 14.2. The van der Waals surface area contributed by atoms with Gasteiger partial charge in [0.1, 0.15) is 6.04 Å². The Hall–Kier alpha value is -4.19. The van der Waals surface area contributed by atoms with Crippen LogP contribution in [0.5, 0.6) is 0 Å². The lowest BCUT2D eigenvalue weighted by molar-refractivity contribution is -0.146. The third-order valence-corrected chi connectivity index (χ3v) is 6.88. The summed E-state index contributed by atoms with van der Waals surface area (Å²) in [7, 11) is 0. The average Bonchev–Trinajstić information content (AvgIpc) is 2.98. The third-order valence-electron chi connectivity index (χ3n) is 6.88. The molecule has 0 aliphatic carbocycles. The number of amides is 1. The molecule has 6 nitrogen and oxygen atoms in total. The molecule has 3 aromatic carbocycles. The van der Waals surface area contributed by atoms with Crippen LogP contribution in [0.2, 0.25) is 0 Å². The highest BCUT2D eigenvalue weighted by atomic mass is 16.5. The molecule has 6 heteroatoms. The molecule has 4 bridgehead atoms. The van der Waals surface area contributed by atoms with E-state index in [2.05, 4.69) is 5.32 Å². The first kappa shape index (κ1) is 28.8. The molecule has 1 N–H and O–H groups in total. The van der Waals surface area contributed by atoms with E-state index in [4.69, 9.17) is 9.47 Å². The third kappa shape index (κ3) is 9.23. The van der Waals surface area contributed by atoms with E-state index < -0.39 is 12.0 Å². The Morgan fingerprint density at radius 1 is 0.625 bits per heavy atom. The number of ether oxygens (including phenoxy) is 2. The van der Waals surface area contributed by atoms with Crippen LogP contribution in [0.3, 0.4) is 0 Å². The molecule has 40 heavy (non-hydrogen) atoms. The van der Waals surface area contributed by atoms with Gasteiger partial charge in [0.2, 0.25) is 0 Å². The highest BCUT2D eigenvalue weighted by Gasteiger charge is 2.23. The molecule has 0 unspecified atom stereocenters. The van der Waals surface area contributed by atoms with Crippen molar-refractivity contribution in [3.8, 4) is 0 Å². The standard InChI is InChI=1S/C34H37NO5/c36-32-29-17-11-15-27(23-29)19-20-28-16-12-18-30(24-28)33(37)39-21-9-4-2-1-3-5-10-22-40-34(38)31(35-32)25-26-13-7-6-8-14-26/h6-8,11-20,23-24,31H,1-5,9-10,21-22,25H2,(H,35,36)/b20-19-/t31-/m0/s1. The Morgan fingerprint density at radius 3 is 1.88 bits per heavy atom. The van der Waals surface area contributed by atoms with Gasteiger partial charge < -0.3 is 14.8 Å². The second-order valence-corrected chi connectivity index (χ2v) is 10.1. The fourth-order valence-electron chi connectivity index (χ4n) is 4.64. The van der Waals surface area contributed by atoms with Crippen molar-refractivity contribution in [2.24, 2.45) is 0 Å². The quantitative estimate of drug-likeness (QED) is 0.369. The van der Waals surface area contributed by atoms with Gasteiger partial charge in [-0.15, -0.1) is 0 Å². The summed E-state index contributed by atoms with van der Waals surface area (Å²) < 4.78 is 11.1. The highest BCUT2D eigenvalue weighted by Crippen LogP contribution is 2.15. The zero-order valence-electron chi connectivity index (χ0n) is 22.8. The summed E-state index contributed by atoms with van der Waals surface area (Å²) in [6.45, 7) is 0.740. The van der Waals surface area contributed by atoms with Crippen molar-refractivity contribution in [2.45, 2.75) is 57.4 Å². The van der Waals surface area contributed by atoms with Crippen LogP contribution in [0.15, 0.2) is 78.9 Å². The summed E-state index contributed by atoms with van der Waals surface area (Å²) >= 11 is 0. The smallest absolute Gasteiger partial charge is 0.338 e. The van der Waals surface area contributed by atoms with Gasteiger partial charge in [0, 0.05) is 12.0 Å². The van der Waals surface area contributed by atoms with Gasteiger partial charge in [-0.25, -0.2) is 9.59 Å². The topological polar surface area (TPSA) is 81.7 Å². The molecule has 0 aromatic heterocycles. The number of esters is 2. The van der Waals surface area contributed by atoms with E-state index in [9.17, 15) is 14.4 Å². The van der Waals surface area contributed by atoms with E-state index >= 15 is 0 Å². The van der Waals surface area contributed by atoms with Gasteiger partial charge >= 0.3 is 11.9 Å². The molecule has 1 heterocycles. The first-order valence-electron chi connectivity index (χ1n) is 14.2. The van der Waals surface area contributed by atoms with E-state index in [1.54, 1.807) is 30.3 Å². The second kappa shape index (κ2) is 15.4. The fraction of sp³-hybridized carbons (Fsp3) is 0.324. The Bertz CT molecular complexity index is 1300. The second-order valence-electron chi connectivity index (χ2n) is 10.1. The Balaban J connectivity index is 1.52. The van der Waals surface area contributed by atoms with Crippen molar-refractivity contribution < 1.29 is 23.9 Å². The monoisotopic (exact) mass is 539 g/mol. The Labute approximate surface area is 236 Å². The molecule has 0 saturated carbocycles. The van der Waals surface area contributed by atoms with Crippen LogP contribution in [-0.2, 0) is 20.7 Å². The minimum Gasteiger partial charge on any atom is -0.464 e. The van der Waals surface area contributed by atoms with Crippen molar-refractivity contribution in [3.05, 3.63) is 107 Å². The van der Waals surface area contributed by atoms with E-state index in [1.165, 1.54) is 0 Å². The lowest BCUT2D eigenvalue weighted by Crippen LogP contribution is -2.43. The largest absolute Gasteiger partial charge is 0.464 e. The van der Waals surface area contributed by atoms with Crippen LogP contribution in [0.1, 0.15) is 82.4 Å². The molecule has 3 aromatic rings. The fourth-order valence-corrected chi connectivity index (χ4v) is 4.64. The van der Waals surface area contributed by atoms with Crippen molar-refractivity contribution in [1.29, 1.82) is 0 Å². The van der Waals surface area contributed by atoms with Gasteiger partial charge in [-0.3, -0.25) is 4.79 Å². The maximum absolute atomic E-state index is 13.2. The van der Waals surface area contributed by atoms with Crippen LogP contribution in [0.25, 0.3) is 12.2 Å². The number of nitrogens with one attached hydrogen (secondary N) is 1.